The van der Waals surface area contributed by atoms with Crippen molar-refractivity contribution in [2.75, 3.05) is 4.90 Å². The van der Waals surface area contributed by atoms with E-state index in [1.54, 1.807) is 0 Å². The van der Waals surface area contributed by atoms with Crippen LogP contribution in [0.5, 0.6) is 0 Å². The summed E-state index contributed by atoms with van der Waals surface area (Å²) in [5, 5.41) is 0. The quantitative estimate of drug-likeness (QED) is 0.162. The fourth-order valence-corrected chi connectivity index (χ4v) is 10.4. The average Bonchev–Trinajstić information content (AvgIpc) is 3.48. The first kappa shape index (κ1) is 42.8. The number of fused-ring (bicyclic) bond motifs is 3. The molecule has 1 heteroatoms. The van der Waals surface area contributed by atoms with Gasteiger partial charge in [0, 0.05) is 22.5 Å². The number of hydrogen-bond donors (Lipinski definition) is 0. The Morgan fingerprint density at radius 1 is 0.459 bits per heavy atom. The standard InChI is InChI=1S/C60H71N/c1-56(2,3)43-27-29-44(30-28-43)60(13)51-22-18-17-21-49(51)50-36-35-48(39-52(50)60)61(46-31-23-41(24-32-46)40-19-15-14-16-20-40)47-33-25-42(26-34-47)55-53(58(7,8)9)37-45(57(4,5)6)38-54(55)59(10,11)12/h17-18,21-40H,14-16,19-20H2,1-13H3. The van der Waals surface area contributed by atoms with Gasteiger partial charge >= 0.3 is 0 Å². The van der Waals surface area contributed by atoms with Gasteiger partial charge in [-0.25, -0.2) is 0 Å². The highest BCUT2D eigenvalue weighted by Crippen LogP contribution is 2.54. The highest BCUT2D eigenvalue weighted by atomic mass is 15.1. The summed E-state index contributed by atoms with van der Waals surface area (Å²) in [6.07, 6.45) is 6.65. The van der Waals surface area contributed by atoms with E-state index in [0.29, 0.717) is 5.92 Å². The molecule has 0 heterocycles. The molecule has 8 rings (SSSR count). The number of rotatable bonds is 6. The van der Waals surface area contributed by atoms with Gasteiger partial charge in [-0.2, -0.15) is 0 Å². The maximum absolute atomic E-state index is 2.50. The van der Waals surface area contributed by atoms with Gasteiger partial charge in [-0.05, 0) is 151 Å². The summed E-state index contributed by atoms with van der Waals surface area (Å²) in [6.45, 7) is 30.6. The zero-order valence-electron chi connectivity index (χ0n) is 39.7. The predicted molar refractivity (Wildman–Crippen MR) is 265 cm³/mol. The molecule has 0 amide bonds. The van der Waals surface area contributed by atoms with Gasteiger partial charge in [0.05, 0.1) is 0 Å². The molecule has 0 aromatic heterocycles. The minimum atomic E-state index is -0.301. The number of hydrogen-bond acceptors (Lipinski definition) is 1. The van der Waals surface area contributed by atoms with E-state index < -0.39 is 0 Å². The highest BCUT2D eigenvalue weighted by molar-refractivity contribution is 5.88. The maximum Gasteiger partial charge on any atom is 0.0465 e. The molecular formula is C60H71N. The molecule has 61 heavy (non-hydrogen) atoms. The van der Waals surface area contributed by atoms with Crippen molar-refractivity contribution in [1.82, 2.24) is 0 Å². The van der Waals surface area contributed by atoms with E-state index in [4.69, 9.17) is 0 Å². The van der Waals surface area contributed by atoms with Crippen LogP contribution in [0.3, 0.4) is 0 Å². The second-order valence-corrected chi connectivity index (χ2v) is 22.7. The van der Waals surface area contributed by atoms with Crippen molar-refractivity contribution in [2.24, 2.45) is 0 Å². The van der Waals surface area contributed by atoms with Crippen molar-refractivity contribution in [3.8, 4) is 22.3 Å². The maximum atomic E-state index is 2.50. The average molecular weight is 806 g/mol. The molecule has 1 fully saturated rings. The highest BCUT2D eigenvalue weighted by Gasteiger charge is 2.41. The lowest BCUT2D eigenvalue weighted by molar-refractivity contribution is 0.443. The van der Waals surface area contributed by atoms with Gasteiger partial charge in [0.25, 0.3) is 0 Å². The molecule has 2 aliphatic carbocycles. The first-order valence-corrected chi connectivity index (χ1v) is 23.2. The van der Waals surface area contributed by atoms with E-state index in [0.717, 1.165) is 0 Å². The van der Waals surface area contributed by atoms with Crippen molar-refractivity contribution in [1.29, 1.82) is 0 Å². The Labute approximate surface area is 369 Å². The van der Waals surface area contributed by atoms with Crippen LogP contribution in [0.25, 0.3) is 22.3 Å². The molecule has 0 N–H and O–H groups in total. The van der Waals surface area contributed by atoms with E-state index in [-0.39, 0.29) is 27.1 Å². The third-order valence-corrected chi connectivity index (χ3v) is 14.1. The van der Waals surface area contributed by atoms with Crippen LogP contribution in [-0.2, 0) is 27.1 Å². The van der Waals surface area contributed by atoms with Crippen LogP contribution >= 0.6 is 0 Å². The van der Waals surface area contributed by atoms with Crippen molar-refractivity contribution >= 4 is 17.1 Å². The smallest absolute Gasteiger partial charge is 0.0465 e. The van der Waals surface area contributed by atoms with Gasteiger partial charge in [0.15, 0.2) is 0 Å². The predicted octanol–water partition coefficient (Wildman–Crippen LogP) is 17.4. The third kappa shape index (κ3) is 8.04. The minimum absolute atomic E-state index is 0.0247. The molecular weight excluding hydrogens is 735 g/mol. The van der Waals surface area contributed by atoms with E-state index in [9.17, 15) is 0 Å². The van der Waals surface area contributed by atoms with Gasteiger partial charge in [-0.3, -0.25) is 0 Å². The fourth-order valence-electron chi connectivity index (χ4n) is 10.4. The number of nitrogens with zero attached hydrogens (tertiary/aromatic N) is 1. The van der Waals surface area contributed by atoms with Crippen LogP contribution in [0.1, 0.15) is 173 Å². The van der Waals surface area contributed by atoms with Crippen molar-refractivity contribution < 1.29 is 0 Å². The van der Waals surface area contributed by atoms with Crippen LogP contribution in [0, 0.1) is 0 Å². The van der Waals surface area contributed by atoms with Crippen LogP contribution in [0.15, 0.2) is 127 Å². The summed E-state index contributed by atoms with van der Waals surface area (Å²) in [5.74, 6) is 0.665. The third-order valence-electron chi connectivity index (χ3n) is 14.1. The van der Waals surface area contributed by atoms with E-state index in [2.05, 4.69) is 222 Å². The second kappa shape index (κ2) is 15.5. The minimum Gasteiger partial charge on any atom is -0.310 e. The Bertz CT molecular complexity index is 2480. The Morgan fingerprint density at radius 3 is 1.51 bits per heavy atom. The SMILES string of the molecule is CC(C)(C)c1ccc(C2(C)c3ccccc3-c3ccc(N(c4ccc(-c5c(C(C)(C)C)cc(C(C)(C)C)cc5C(C)(C)C)cc4)c4ccc(C5CCCCC5)cc4)cc32)cc1. The molecule has 0 radical (unpaired) electrons. The Hall–Kier alpha value is -4.88. The molecule has 0 saturated heterocycles. The van der Waals surface area contributed by atoms with Gasteiger partial charge in [0.2, 0.25) is 0 Å². The largest absolute Gasteiger partial charge is 0.310 e. The van der Waals surface area contributed by atoms with Crippen LogP contribution in [0.2, 0.25) is 0 Å². The first-order chi connectivity index (χ1) is 28.7. The van der Waals surface area contributed by atoms with Crippen LogP contribution < -0.4 is 4.90 Å². The van der Waals surface area contributed by atoms with Gasteiger partial charge < -0.3 is 4.90 Å². The van der Waals surface area contributed by atoms with E-state index in [1.807, 2.05) is 0 Å². The number of anilines is 3. The van der Waals surface area contributed by atoms with E-state index >= 15 is 0 Å². The number of benzene rings is 6. The molecule has 2 aliphatic rings. The molecule has 1 saturated carbocycles. The zero-order valence-corrected chi connectivity index (χ0v) is 39.7. The summed E-state index contributed by atoms with van der Waals surface area (Å²) >= 11 is 0. The Kier molecular flexibility index (Phi) is 10.9. The fraction of sp³-hybridized carbons (Fsp3) is 0.400. The van der Waals surface area contributed by atoms with Gasteiger partial charge in [-0.1, -0.05) is 193 Å². The summed E-state index contributed by atoms with van der Waals surface area (Å²) < 4.78 is 0. The second-order valence-electron chi connectivity index (χ2n) is 22.7. The van der Waals surface area contributed by atoms with Gasteiger partial charge in [-0.15, -0.1) is 0 Å². The summed E-state index contributed by atoms with van der Waals surface area (Å²) in [4.78, 5) is 2.50. The Morgan fingerprint density at radius 2 is 0.967 bits per heavy atom. The summed E-state index contributed by atoms with van der Waals surface area (Å²) in [5.41, 5.74) is 19.8. The molecule has 0 aliphatic heterocycles. The molecule has 0 bridgehead atoms. The Balaban J connectivity index is 1.29. The van der Waals surface area contributed by atoms with Crippen molar-refractivity contribution in [3.63, 3.8) is 0 Å². The molecule has 6 aromatic rings. The molecule has 1 atom stereocenters. The lowest BCUT2D eigenvalue weighted by Gasteiger charge is -2.34. The molecule has 1 unspecified atom stereocenters. The lowest BCUT2D eigenvalue weighted by atomic mass is 9.71. The first-order valence-electron chi connectivity index (χ1n) is 23.2. The molecule has 1 nitrogen and oxygen atoms in total. The zero-order chi connectivity index (χ0) is 43.7. The van der Waals surface area contributed by atoms with E-state index in [1.165, 1.54) is 116 Å². The van der Waals surface area contributed by atoms with Gasteiger partial charge in [0.1, 0.15) is 0 Å². The normalized spacial score (nSPS) is 17.3. The monoisotopic (exact) mass is 806 g/mol. The van der Waals surface area contributed by atoms with Crippen molar-refractivity contribution in [3.05, 3.63) is 172 Å². The lowest BCUT2D eigenvalue weighted by Crippen LogP contribution is -2.23. The van der Waals surface area contributed by atoms with Crippen LogP contribution in [0.4, 0.5) is 17.1 Å². The summed E-state index contributed by atoms with van der Waals surface area (Å²) in [6, 6.07) is 49.9. The van der Waals surface area contributed by atoms with Crippen molar-refractivity contribution in [2.45, 2.75) is 155 Å². The molecule has 0 spiro atoms. The topological polar surface area (TPSA) is 3.24 Å². The molecule has 6 aromatic carbocycles. The summed E-state index contributed by atoms with van der Waals surface area (Å²) in [7, 11) is 0. The van der Waals surface area contributed by atoms with Crippen LogP contribution in [-0.4, -0.2) is 0 Å². The molecule has 316 valence electrons.